The smallest absolute Gasteiger partial charge is 0.260 e. The van der Waals surface area contributed by atoms with Crippen LogP contribution in [0, 0.1) is 5.92 Å². The summed E-state index contributed by atoms with van der Waals surface area (Å²) in [5.74, 6) is 0.410. The lowest BCUT2D eigenvalue weighted by atomic mass is 9.79. The van der Waals surface area contributed by atoms with Gasteiger partial charge in [-0.15, -0.1) is 0 Å². The Morgan fingerprint density at radius 3 is 2.64 bits per heavy atom. The number of ether oxygens (including phenoxy) is 1. The van der Waals surface area contributed by atoms with Gasteiger partial charge in [-0.2, -0.15) is 0 Å². The zero-order valence-electron chi connectivity index (χ0n) is 21.2. The van der Waals surface area contributed by atoms with E-state index in [9.17, 15) is 17.6 Å². The molecular formula is C26H37FN4O4S. The number of aromatic nitrogens is 2. The van der Waals surface area contributed by atoms with Crippen LogP contribution in [0.5, 0.6) is 0 Å². The molecule has 10 heteroatoms. The third-order valence-corrected chi connectivity index (χ3v) is 9.09. The van der Waals surface area contributed by atoms with Gasteiger partial charge in [0, 0.05) is 26.7 Å². The largest absolute Gasteiger partial charge is 0.374 e. The Hall–Kier alpha value is -2.04. The number of imidazole rings is 1. The van der Waals surface area contributed by atoms with Gasteiger partial charge in [0.25, 0.3) is 5.91 Å². The van der Waals surface area contributed by atoms with Gasteiger partial charge in [0.2, 0.25) is 10.0 Å². The number of halogens is 1. The van der Waals surface area contributed by atoms with Gasteiger partial charge in [-0.05, 0) is 80.9 Å². The van der Waals surface area contributed by atoms with E-state index in [1.807, 2.05) is 17.9 Å². The van der Waals surface area contributed by atoms with Crippen molar-refractivity contribution in [2.24, 2.45) is 13.0 Å². The van der Waals surface area contributed by atoms with Crippen LogP contribution in [0.2, 0.25) is 0 Å². The second kappa shape index (κ2) is 10.0. The molecule has 5 rings (SSSR count). The monoisotopic (exact) mass is 520 g/mol. The Balaban J connectivity index is 1.17. The van der Waals surface area contributed by atoms with Gasteiger partial charge in [-0.25, -0.2) is 22.5 Å². The van der Waals surface area contributed by atoms with E-state index in [0.717, 1.165) is 49.4 Å². The second-order valence-electron chi connectivity index (χ2n) is 11.0. The van der Waals surface area contributed by atoms with Crippen LogP contribution in [0.1, 0.15) is 62.8 Å². The molecule has 1 aliphatic heterocycles. The molecule has 1 saturated heterocycles. The van der Waals surface area contributed by atoms with Crippen LogP contribution in [0.15, 0.2) is 24.5 Å². The molecule has 2 aromatic rings. The number of alkyl halides is 1. The van der Waals surface area contributed by atoms with Gasteiger partial charge < -0.3 is 14.2 Å². The van der Waals surface area contributed by atoms with Crippen LogP contribution in [-0.2, 0) is 26.6 Å². The maximum atomic E-state index is 14.8. The number of nitrogens with zero attached hydrogens (tertiary/aromatic N) is 3. The lowest BCUT2D eigenvalue weighted by Gasteiger charge is -2.43. The molecule has 3 fully saturated rings. The molecule has 0 radical (unpaired) electrons. The number of carbonyl (C=O) groups is 1. The molecule has 3 aliphatic rings. The highest BCUT2D eigenvalue weighted by Gasteiger charge is 2.48. The van der Waals surface area contributed by atoms with Crippen LogP contribution >= 0.6 is 0 Å². The number of rotatable bonds is 7. The number of likely N-dealkylation sites (tertiary alicyclic amines) is 1. The predicted molar refractivity (Wildman–Crippen MR) is 136 cm³/mol. The molecular weight excluding hydrogens is 483 g/mol. The fourth-order valence-corrected chi connectivity index (χ4v) is 6.81. The average molecular weight is 521 g/mol. The minimum Gasteiger partial charge on any atom is -0.374 e. The fourth-order valence-electron chi connectivity index (χ4n) is 5.99. The van der Waals surface area contributed by atoms with E-state index in [2.05, 4.69) is 27.9 Å². The number of amides is 1. The highest BCUT2D eigenvalue weighted by Crippen LogP contribution is 2.39. The van der Waals surface area contributed by atoms with Crippen molar-refractivity contribution in [2.45, 2.75) is 75.1 Å². The standard InChI is InChI=1S/C26H37FN4O4S/c1-30-17-28-22-14-20(8-9-23(22)30)19-6-4-18(5-7-19)16-35-24-15-31(25(32)26(27)11-3-12-26)13-10-21(24)29-36(2,33)34/h8-9,14,17-19,21,24,29H,3-7,10-13,15-16H2,1-2H3/t18?,19?,21-,24+/m0/s1. The van der Waals surface area contributed by atoms with Crippen molar-refractivity contribution in [3.05, 3.63) is 30.1 Å². The third-order valence-electron chi connectivity index (χ3n) is 8.35. The average Bonchev–Trinajstić information content (AvgIpc) is 3.21. The van der Waals surface area contributed by atoms with Crippen LogP contribution in [0.3, 0.4) is 0 Å². The number of nitrogens with one attached hydrogen (secondary N) is 1. The molecule has 0 bridgehead atoms. The van der Waals surface area contributed by atoms with Crippen molar-refractivity contribution in [1.29, 1.82) is 0 Å². The molecule has 8 nitrogen and oxygen atoms in total. The van der Waals surface area contributed by atoms with Gasteiger partial charge in [-0.1, -0.05) is 6.07 Å². The van der Waals surface area contributed by atoms with Crippen molar-refractivity contribution >= 4 is 27.0 Å². The summed E-state index contributed by atoms with van der Waals surface area (Å²) in [6.07, 6.45) is 8.37. The minimum absolute atomic E-state index is 0.219. The molecule has 36 heavy (non-hydrogen) atoms. The number of fused-ring (bicyclic) bond motifs is 1. The maximum absolute atomic E-state index is 14.8. The first-order valence-corrected chi connectivity index (χ1v) is 15.0. The molecule has 2 aliphatic carbocycles. The van der Waals surface area contributed by atoms with Gasteiger partial charge in [0.15, 0.2) is 5.67 Å². The zero-order chi connectivity index (χ0) is 25.5. The summed E-state index contributed by atoms with van der Waals surface area (Å²) >= 11 is 0. The molecule has 2 heterocycles. The predicted octanol–water partition coefficient (Wildman–Crippen LogP) is 3.27. The molecule has 0 spiro atoms. The highest BCUT2D eigenvalue weighted by molar-refractivity contribution is 7.88. The lowest BCUT2D eigenvalue weighted by Crippen LogP contribution is -2.60. The molecule has 198 valence electrons. The van der Waals surface area contributed by atoms with E-state index < -0.39 is 33.7 Å². The van der Waals surface area contributed by atoms with Gasteiger partial charge in [0.05, 0.1) is 35.8 Å². The Bertz CT molecular complexity index is 1200. The topological polar surface area (TPSA) is 93.5 Å². The first kappa shape index (κ1) is 25.6. The Kier molecular flexibility index (Phi) is 7.13. The molecule has 1 aromatic carbocycles. The first-order chi connectivity index (χ1) is 17.1. The Morgan fingerprint density at radius 2 is 1.97 bits per heavy atom. The van der Waals surface area contributed by atoms with Crippen LogP contribution < -0.4 is 4.72 Å². The van der Waals surface area contributed by atoms with Gasteiger partial charge >= 0.3 is 0 Å². The number of aryl methyl sites for hydroxylation is 1. The van der Waals surface area contributed by atoms with E-state index in [0.29, 0.717) is 31.4 Å². The quantitative estimate of drug-likeness (QED) is 0.605. The lowest BCUT2D eigenvalue weighted by molar-refractivity contribution is -0.155. The zero-order valence-corrected chi connectivity index (χ0v) is 22.0. The summed E-state index contributed by atoms with van der Waals surface area (Å²) in [5.41, 5.74) is 1.74. The Morgan fingerprint density at radius 1 is 1.22 bits per heavy atom. The molecule has 0 unspecified atom stereocenters. The fraction of sp³-hybridized carbons (Fsp3) is 0.692. The summed E-state index contributed by atoms with van der Waals surface area (Å²) in [6, 6.07) is 6.14. The number of sulfonamides is 1. The summed E-state index contributed by atoms with van der Waals surface area (Å²) in [6.45, 7) is 1.07. The third kappa shape index (κ3) is 5.45. The van der Waals surface area contributed by atoms with Crippen molar-refractivity contribution < 1.29 is 22.3 Å². The van der Waals surface area contributed by atoms with E-state index >= 15 is 0 Å². The van der Waals surface area contributed by atoms with E-state index in [-0.39, 0.29) is 19.4 Å². The summed E-state index contributed by atoms with van der Waals surface area (Å²) in [5, 5.41) is 0. The SMILES string of the molecule is Cn1cnc2cc(C3CCC(CO[C@@H]4CN(C(=O)C5(F)CCC5)CC[C@@H]4NS(C)(=O)=O)CC3)ccc21. The van der Waals surface area contributed by atoms with Crippen molar-refractivity contribution in [3.63, 3.8) is 0 Å². The number of carbonyl (C=O) groups excluding carboxylic acids is 1. The normalized spacial score (nSPS) is 28.7. The number of piperidine rings is 1. The Labute approximate surface area is 212 Å². The number of hydrogen-bond donors (Lipinski definition) is 1. The summed E-state index contributed by atoms with van der Waals surface area (Å²) in [7, 11) is -1.43. The highest BCUT2D eigenvalue weighted by atomic mass is 32.2. The van der Waals surface area contributed by atoms with E-state index in [1.165, 1.54) is 10.5 Å². The van der Waals surface area contributed by atoms with Crippen molar-refractivity contribution in [2.75, 3.05) is 26.0 Å². The van der Waals surface area contributed by atoms with Crippen LogP contribution in [0.4, 0.5) is 4.39 Å². The van der Waals surface area contributed by atoms with Crippen LogP contribution in [0.25, 0.3) is 11.0 Å². The number of hydrogen-bond acceptors (Lipinski definition) is 5. The summed E-state index contributed by atoms with van der Waals surface area (Å²) in [4.78, 5) is 18.8. The molecule has 2 atom stereocenters. The minimum atomic E-state index is -3.43. The molecule has 1 aromatic heterocycles. The van der Waals surface area contributed by atoms with Crippen molar-refractivity contribution in [3.8, 4) is 0 Å². The van der Waals surface area contributed by atoms with Gasteiger partial charge in [-0.3, -0.25) is 4.79 Å². The van der Waals surface area contributed by atoms with Crippen LogP contribution in [-0.4, -0.2) is 72.5 Å². The van der Waals surface area contributed by atoms with Gasteiger partial charge in [0.1, 0.15) is 0 Å². The molecule has 1 N–H and O–H groups in total. The first-order valence-electron chi connectivity index (χ1n) is 13.1. The second-order valence-corrected chi connectivity index (χ2v) is 12.8. The summed E-state index contributed by atoms with van der Waals surface area (Å²) < 4.78 is 49.6. The van der Waals surface area contributed by atoms with E-state index in [1.54, 1.807) is 0 Å². The van der Waals surface area contributed by atoms with Crippen molar-refractivity contribution in [1.82, 2.24) is 19.2 Å². The molecule has 2 saturated carbocycles. The van der Waals surface area contributed by atoms with E-state index in [4.69, 9.17) is 4.74 Å². The number of benzene rings is 1. The molecule has 1 amide bonds. The maximum Gasteiger partial charge on any atom is 0.260 e.